The van der Waals surface area contributed by atoms with Crippen LogP contribution in [0.25, 0.3) is 0 Å². The number of nitrogens with zero attached hydrogens (tertiary/aromatic N) is 1. The number of carbonyl (C=O) groups is 3. The van der Waals surface area contributed by atoms with Crippen molar-refractivity contribution in [1.82, 2.24) is 10.2 Å². The summed E-state index contributed by atoms with van der Waals surface area (Å²) in [5.41, 5.74) is 0.111. The van der Waals surface area contributed by atoms with E-state index < -0.39 is 23.8 Å². The molecule has 9 heteroatoms. The first-order valence-corrected chi connectivity index (χ1v) is 8.58. The summed E-state index contributed by atoms with van der Waals surface area (Å²) < 4.78 is 28.6. The molecule has 0 aromatic heterocycles. The zero-order chi connectivity index (χ0) is 20.4. The fourth-order valence-electron chi connectivity index (χ4n) is 2.27. The van der Waals surface area contributed by atoms with Gasteiger partial charge < -0.3 is 24.4 Å². The van der Waals surface area contributed by atoms with Gasteiger partial charge in [-0.1, -0.05) is 12.7 Å². The maximum absolute atomic E-state index is 13.8. The molecule has 1 aliphatic rings. The summed E-state index contributed by atoms with van der Waals surface area (Å²) in [6.45, 7) is 5.50. The number of ether oxygens (including phenoxy) is 3. The third kappa shape index (κ3) is 6.84. The summed E-state index contributed by atoms with van der Waals surface area (Å²) in [4.78, 5) is 36.4. The van der Waals surface area contributed by atoms with Crippen molar-refractivity contribution in [2.75, 3.05) is 32.8 Å². The van der Waals surface area contributed by atoms with Gasteiger partial charge in [0.2, 0.25) is 0 Å². The predicted octanol–water partition coefficient (Wildman–Crippen LogP) is 1.56. The number of hydrogen-bond donors (Lipinski definition) is 1. The Morgan fingerprint density at radius 2 is 1.89 bits per heavy atom. The molecule has 0 aliphatic carbocycles. The van der Waals surface area contributed by atoms with Gasteiger partial charge in [-0.25, -0.2) is 18.8 Å². The fourth-order valence-corrected chi connectivity index (χ4v) is 2.27. The van der Waals surface area contributed by atoms with Crippen LogP contribution in [-0.2, 0) is 25.7 Å². The summed E-state index contributed by atoms with van der Waals surface area (Å²) in [5, 5.41) is 3.06. The van der Waals surface area contributed by atoms with Crippen LogP contribution < -0.4 is 10.1 Å². The summed E-state index contributed by atoms with van der Waals surface area (Å²) in [5.74, 6) is -2.04. The maximum atomic E-state index is 13.8. The van der Waals surface area contributed by atoms with E-state index >= 15 is 0 Å². The summed E-state index contributed by atoms with van der Waals surface area (Å²) in [7, 11) is 0. The molecule has 0 radical (unpaired) electrons. The molecule has 0 saturated carbocycles. The van der Waals surface area contributed by atoms with Gasteiger partial charge in [0.15, 0.2) is 0 Å². The van der Waals surface area contributed by atoms with Crippen LogP contribution in [0.3, 0.4) is 0 Å². The molecule has 8 nitrogen and oxygen atoms in total. The van der Waals surface area contributed by atoms with Crippen LogP contribution in [0.5, 0.6) is 5.75 Å². The van der Waals surface area contributed by atoms with E-state index in [1.54, 1.807) is 6.08 Å². The molecule has 0 spiro atoms. The Morgan fingerprint density at radius 3 is 2.61 bits per heavy atom. The van der Waals surface area contributed by atoms with Crippen LogP contribution >= 0.6 is 0 Å². The van der Waals surface area contributed by atoms with Crippen molar-refractivity contribution in [1.29, 1.82) is 0 Å². The van der Waals surface area contributed by atoms with E-state index in [9.17, 15) is 18.8 Å². The van der Waals surface area contributed by atoms with E-state index in [-0.39, 0.29) is 18.8 Å². The lowest BCUT2D eigenvalue weighted by Gasteiger charge is -2.25. The Hall–Kier alpha value is -3.20. The number of piperazine rings is 1. The lowest BCUT2D eigenvalue weighted by atomic mass is 10.2. The number of halogens is 1. The zero-order valence-corrected chi connectivity index (χ0v) is 15.2. The Labute approximate surface area is 161 Å². The minimum absolute atomic E-state index is 0.111. The smallest absolute Gasteiger partial charge is 0.417 e. The zero-order valence-electron chi connectivity index (χ0n) is 15.2. The molecular weight excluding hydrogens is 371 g/mol. The summed E-state index contributed by atoms with van der Waals surface area (Å²) in [6.07, 6.45) is 2.36. The van der Waals surface area contributed by atoms with Gasteiger partial charge in [0.1, 0.15) is 24.8 Å². The van der Waals surface area contributed by atoms with Gasteiger partial charge in [0.05, 0.1) is 0 Å². The van der Waals surface area contributed by atoms with Gasteiger partial charge in [-0.15, -0.1) is 0 Å². The molecule has 1 amide bonds. The summed E-state index contributed by atoms with van der Waals surface area (Å²) >= 11 is 0. The molecular formula is C19H21FN2O6. The molecule has 0 bridgehead atoms. The van der Waals surface area contributed by atoms with E-state index in [4.69, 9.17) is 9.47 Å². The standard InChI is InChI=1S/C19H21FN2O6/c1-2-11-26-15-3-4-16(20)14(12-15)13-27-17(23)5-6-18(24)28-19(25)22-9-7-21-8-10-22/h2-6,12,21H,1,7-11,13H2/b6-5+. The maximum Gasteiger partial charge on any atom is 0.417 e. The molecule has 150 valence electrons. The Balaban J connectivity index is 1.80. The van der Waals surface area contributed by atoms with Crippen LogP contribution in [-0.4, -0.2) is 55.7 Å². The van der Waals surface area contributed by atoms with Gasteiger partial charge in [0, 0.05) is 43.9 Å². The molecule has 1 saturated heterocycles. The largest absolute Gasteiger partial charge is 0.490 e. The SMILES string of the molecule is C=CCOc1ccc(F)c(COC(=O)/C=C/C(=O)OC(=O)N2CCNCC2)c1. The van der Waals surface area contributed by atoms with Crippen molar-refractivity contribution in [2.45, 2.75) is 6.61 Å². The number of nitrogens with one attached hydrogen (secondary N) is 1. The average molecular weight is 392 g/mol. The van der Waals surface area contributed by atoms with Gasteiger partial charge in [-0.05, 0) is 18.2 Å². The molecule has 1 heterocycles. The highest BCUT2D eigenvalue weighted by Gasteiger charge is 2.19. The van der Waals surface area contributed by atoms with Gasteiger partial charge in [0.25, 0.3) is 0 Å². The monoisotopic (exact) mass is 392 g/mol. The highest BCUT2D eigenvalue weighted by atomic mass is 19.1. The minimum atomic E-state index is -0.994. The van der Waals surface area contributed by atoms with E-state index in [0.717, 1.165) is 12.2 Å². The van der Waals surface area contributed by atoms with Crippen LogP contribution in [0.15, 0.2) is 43.0 Å². The van der Waals surface area contributed by atoms with Gasteiger partial charge >= 0.3 is 18.0 Å². The first-order valence-electron chi connectivity index (χ1n) is 8.58. The van der Waals surface area contributed by atoms with E-state index in [0.29, 0.717) is 31.9 Å². The molecule has 1 aromatic rings. The van der Waals surface area contributed by atoms with Crippen molar-refractivity contribution in [3.8, 4) is 5.75 Å². The predicted molar refractivity (Wildman–Crippen MR) is 97.0 cm³/mol. The van der Waals surface area contributed by atoms with E-state index in [1.807, 2.05) is 0 Å². The van der Waals surface area contributed by atoms with Crippen molar-refractivity contribution in [3.05, 3.63) is 54.4 Å². The second kappa shape index (κ2) is 10.8. The highest BCUT2D eigenvalue weighted by Crippen LogP contribution is 2.18. The first kappa shape index (κ1) is 21.1. The van der Waals surface area contributed by atoms with E-state index in [2.05, 4.69) is 16.6 Å². The van der Waals surface area contributed by atoms with Crippen molar-refractivity contribution < 1.29 is 33.0 Å². The number of benzene rings is 1. The number of amides is 1. The Morgan fingerprint density at radius 1 is 1.18 bits per heavy atom. The van der Waals surface area contributed by atoms with Gasteiger partial charge in [-0.2, -0.15) is 0 Å². The second-order valence-electron chi connectivity index (χ2n) is 5.72. The lowest BCUT2D eigenvalue weighted by Crippen LogP contribution is -2.46. The molecule has 0 unspecified atom stereocenters. The second-order valence-corrected chi connectivity index (χ2v) is 5.72. The quantitative estimate of drug-likeness (QED) is 0.326. The number of carbonyl (C=O) groups excluding carboxylic acids is 3. The molecule has 1 fully saturated rings. The van der Waals surface area contributed by atoms with Crippen LogP contribution in [0, 0.1) is 5.82 Å². The fraction of sp³-hybridized carbons (Fsp3) is 0.316. The van der Waals surface area contributed by atoms with Crippen molar-refractivity contribution in [2.24, 2.45) is 0 Å². The topological polar surface area (TPSA) is 94.2 Å². The van der Waals surface area contributed by atoms with Crippen LogP contribution in [0.2, 0.25) is 0 Å². The first-order chi connectivity index (χ1) is 13.5. The number of hydrogen-bond acceptors (Lipinski definition) is 7. The third-order valence-corrected chi connectivity index (χ3v) is 3.67. The normalized spacial score (nSPS) is 13.8. The molecule has 0 atom stereocenters. The highest BCUT2D eigenvalue weighted by molar-refractivity contribution is 5.96. The molecule has 1 N–H and O–H groups in total. The molecule has 1 aromatic carbocycles. The number of esters is 2. The average Bonchev–Trinajstić information content (AvgIpc) is 2.71. The van der Waals surface area contributed by atoms with Crippen LogP contribution in [0.4, 0.5) is 9.18 Å². The van der Waals surface area contributed by atoms with Crippen molar-refractivity contribution in [3.63, 3.8) is 0 Å². The minimum Gasteiger partial charge on any atom is -0.490 e. The van der Waals surface area contributed by atoms with Crippen LogP contribution in [0.1, 0.15) is 5.56 Å². The lowest BCUT2D eigenvalue weighted by molar-refractivity contribution is -0.140. The Bertz CT molecular complexity index is 759. The van der Waals surface area contributed by atoms with Gasteiger partial charge in [-0.3, -0.25) is 0 Å². The van der Waals surface area contributed by atoms with E-state index in [1.165, 1.54) is 23.1 Å². The number of rotatable bonds is 7. The van der Waals surface area contributed by atoms with Crippen molar-refractivity contribution >= 4 is 18.0 Å². The molecule has 28 heavy (non-hydrogen) atoms. The Kier molecular flexibility index (Phi) is 8.16. The summed E-state index contributed by atoms with van der Waals surface area (Å²) in [6, 6.07) is 4.03. The third-order valence-electron chi connectivity index (χ3n) is 3.67. The molecule has 1 aliphatic heterocycles. The molecule has 2 rings (SSSR count).